The number of nitrogens with zero attached hydrogens (tertiary/aromatic N) is 3. The number of nitrogens with one attached hydrogen (secondary N) is 2. The van der Waals surface area contributed by atoms with Crippen molar-refractivity contribution in [2.45, 2.75) is 19.3 Å². The lowest BCUT2D eigenvalue weighted by molar-refractivity contribution is -0.116. The Morgan fingerprint density at radius 3 is 2.70 bits per heavy atom. The molecule has 0 spiro atoms. The summed E-state index contributed by atoms with van der Waals surface area (Å²) in [6.45, 7) is 1.97. The summed E-state index contributed by atoms with van der Waals surface area (Å²) in [4.78, 5) is 20.4. The maximum atomic E-state index is 12.4. The van der Waals surface area contributed by atoms with Crippen molar-refractivity contribution in [2.75, 3.05) is 5.32 Å². The van der Waals surface area contributed by atoms with Crippen LogP contribution in [0.15, 0.2) is 53.0 Å². The zero-order valence-corrected chi connectivity index (χ0v) is 16.1. The van der Waals surface area contributed by atoms with Crippen LogP contribution in [-0.4, -0.2) is 25.7 Å². The van der Waals surface area contributed by atoms with Crippen LogP contribution in [0, 0.1) is 6.92 Å². The first-order valence-corrected chi connectivity index (χ1v) is 9.49. The van der Waals surface area contributed by atoms with E-state index in [2.05, 4.69) is 48.4 Å². The summed E-state index contributed by atoms with van der Waals surface area (Å²) in [5.74, 6) is 1.24. The molecule has 2 aromatic heterocycles. The first-order valence-electron chi connectivity index (χ1n) is 8.70. The van der Waals surface area contributed by atoms with Crippen LogP contribution in [0.4, 0.5) is 5.82 Å². The van der Waals surface area contributed by atoms with Gasteiger partial charge in [0.2, 0.25) is 11.9 Å². The monoisotopic (exact) mass is 421 g/mol. The highest BCUT2D eigenvalue weighted by molar-refractivity contribution is 9.10. The molecule has 0 aliphatic carbocycles. The highest BCUT2D eigenvalue weighted by Crippen LogP contribution is 2.40. The average Bonchev–Trinajstić information content (AvgIpc) is 3.23. The quantitative estimate of drug-likeness (QED) is 0.506. The molecule has 1 unspecified atom stereocenters. The third kappa shape index (κ3) is 2.66. The topological polar surface area (TPSA) is 75.6 Å². The summed E-state index contributed by atoms with van der Waals surface area (Å²) in [5.41, 5.74) is 4.82. The lowest BCUT2D eigenvalue weighted by Gasteiger charge is -2.24. The minimum Gasteiger partial charge on any atom is -0.322 e. The number of carbonyl (C=O) groups is 1. The highest BCUT2D eigenvalue weighted by atomic mass is 79.9. The maximum Gasteiger partial charge on any atom is 0.231 e. The van der Waals surface area contributed by atoms with Crippen molar-refractivity contribution < 1.29 is 4.79 Å². The van der Waals surface area contributed by atoms with E-state index < -0.39 is 0 Å². The lowest BCUT2D eigenvalue weighted by Crippen LogP contribution is -2.25. The average molecular weight is 422 g/mol. The predicted molar refractivity (Wildman–Crippen MR) is 107 cm³/mol. The molecule has 0 radical (unpaired) electrons. The Bertz CT molecular complexity index is 1140. The van der Waals surface area contributed by atoms with Gasteiger partial charge in [0.15, 0.2) is 0 Å². The minimum atomic E-state index is -0.0278. The van der Waals surface area contributed by atoms with Crippen molar-refractivity contribution in [3.8, 4) is 5.95 Å². The minimum absolute atomic E-state index is 0.0207. The van der Waals surface area contributed by atoms with Crippen LogP contribution in [0.25, 0.3) is 17.0 Å². The number of amides is 1. The molecule has 5 rings (SSSR count). The molecular weight excluding hydrogens is 406 g/mol. The maximum absolute atomic E-state index is 12.4. The summed E-state index contributed by atoms with van der Waals surface area (Å²) in [6.07, 6.45) is 0.404. The normalized spacial score (nSPS) is 16.4. The summed E-state index contributed by atoms with van der Waals surface area (Å²) in [6, 6.07) is 15.9. The highest BCUT2D eigenvalue weighted by Gasteiger charge is 2.33. The number of hydrogen-bond donors (Lipinski definition) is 2. The fourth-order valence-corrected chi connectivity index (χ4v) is 3.98. The molecule has 1 aliphatic rings. The molecule has 1 aliphatic heterocycles. The Labute approximate surface area is 163 Å². The Hall–Kier alpha value is -2.93. The Kier molecular flexibility index (Phi) is 3.65. The van der Waals surface area contributed by atoms with Gasteiger partial charge >= 0.3 is 0 Å². The molecule has 2 N–H and O–H groups in total. The first-order chi connectivity index (χ1) is 13.1. The van der Waals surface area contributed by atoms with E-state index in [1.54, 1.807) is 4.68 Å². The molecule has 0 saturated carbocycles. The van der Waals surface area contributed by atoms with Crippen LogP contribution in [0.1, 0.15) is 29.2 Å². The molecular formula is C20H16BrN5O. The van der Waals surface area contributed by atoms with Gasteiger partial charge in [0, 0.05) is 22.4 Å². The van der Waals surface area contributed by atoms with E-state index in [0.717, 1.165) is 32.3 Å². The van der Waals surface area contributed by atoms with Gasteiger partial charge in [-0.2, -0.15) is 9.78 Å². The molecule has 0 saturated heterocycles. The second kappa shape index (κ2) is 6.06. The summed E-state index contributed by atoms with van der Waals surface area (Å²) in [7, 11) is 0. The number of rotatable bonds is 2. The van der Waals surface area contributed by atoms with Crippen LogP contribution >= 0.6 is 15.9 Å². The number of imidazole rings is 1. The van der Waals surface area contributed by atoms with E-state index in [1.165, 1.54) is 0 Å². The van der Waals surface area contributed by atoms with Crippen LogP contribution in [0.5, 0.6) is 0 Å². The fraction of sp³-hybridized carbons (Fsp3) is 0.150. The summed E-state index contributed by atoms with van der Waals surface area (Å²) in [5, 5.41) is 7.68. The molecule has 0 fully saturated rings. The smallest absolute Gasteiger partial charge is 0.231 e. The van der Waals surface area contributed by atoms with Gasteiger partial charge in [0.1, 0.15) is 5.82 Å². The molecule has 2 aromatic carbocycles. The largest absolute Gasteiger partial charge is 0.322 e. The van der Waals surface area contributed by atoms with Crippen molar-refractivity contribution in [3.63, 3.8) is 0 Å². The van der Waals surface area contributed by atoms with Gasteiger partial charge in [-0.05, 0) is 36.8 Å². The number of H-pyrrole nitrogens is 1. The number of carbonyl (C=O) groups excluding carboxylic acids is 1. The fourth-order valence-electron chi connectivity index (χ4n) is 3.72. The van der Waals surface area contributed by atoms with Crippen LogP contribution in [0.3, 0.4) is 0 Å². The first kappa shape index (κ1) is 16.3. The number of halogens is 1. The number of para-hydroxylation sites is 2. The number of aryl methyl sites for hydroxylation is 1. The van der Waals surface area contributed by atoms with Gasteiger partial charge in [-0.1, -0.05) is 40.2 Å². The Morgan fingerprint density at radius 1 is 1.15 bits per heavy atom. The van der Waals surface area contributed by atoms with Crippen molar-refractivity contribution in [3.05, 3.63) is 69.8 Å². The van der Waals surface area contributed by atoms with Crippen LogP contribution in [-0.2, 0) is 4.79 Å². The molecule has 4 aromatic rings. The second-order valence-electron chi connectivity index (χ2n) is 6.69. The van der Waals surface area contributed by atoms with Gasteiger partial charge < -0.3 is 10.3 Å². The van der Waals surface area contributed by atoms with Gasteiger partial charge in [-0.25, -0.2) is 4.98 Å². The van der Waals surface area contributed by atoms with Crippen LogP contribution < -0.4 is 5.32 Å². The number of benzene rings is 2. The van der Waals surface area contributed by atoms with Crippen molar-refractivity contribution >= 4 is 38.7 Å². The number of fused-ring (bicyclic) bond motifs is 2. The van der Waals surface area contributed by atoms with Gasteiger partial charge in [0.25, 0.3) is 0 Å². The summed E-state index contributed by atoms with van der Waals surface area (Å²) >= 11 is 3.47. The molecule has 0 bridgehead atoms. The molecule has 6 nitrogen and oxygen atoms in total. The zero-order chi connectivity index (χ0) is 18.5. The molecule has 27 heavy (non-hydrogen) atoms. The molecule has 1 amide bonds. The number of anilines is 1. The second-order valence-corrected chi connectivity index (χ2v) is 7.61. The van der Waals surface area contributed by atoms with E-state index in [-0.39, 0.29) is 11.8 Å². The molecule has 3 heterocycles. The number of hydrogen-bond acceptors (Lipinski definition) is 3. The SMILES string of the molecule is Cc1nn(-c2nc3ccccc3[nH]2)c2c1C(c1ccc(Br)cc1)CC(=O)N2. The standard InChI is InChI=1S/C20H16BrN5O/c1-11-18-14(12-6-8-13(21)9-7-12)10-17(27)24-19(18)26(25-11)20-22-15-4-2-3-5-16(15)23-20/h2-9,14H,10H2,1H3,(H,22,23)(H,24,27). The van der Waals surface area contributed by atoms with Gasteiger partial charge in [0.05, 0.1) is 16.7 Å². The van der Waals surface area contributed by atoms with Crippen molar-refractivity contribution in [1.82, 2.24) is 19.7 Å². The Morgan fingerprint density at radius 2 is 1.93 bits per heavy atom. The molecule has 1 atom stereocenters. The third-order valence-electron chi connectivity index (χ3n) is 4.95. The Balaban J connectivity index is 1.67. The molecule has 7 heteroatoms. The van der Waals surface area contributed by atoms with Crippen molar-refractivity contribution in [2.24, 2.45) is 0 Å². The van der Waals surface area contributed by atoms with Crippen molar-refractivity contribution in [1.29, 1.82) is 0 Å². The lowest BCUT2D eigenvalue weighted by atomic mass is 9.86. The third-order valence-corrected chi connectivity index (χ3v) is 5.48. The molecule has 134 valence electrons. The van der Waals surface area contributed by atoms with E-state index in [0.29, 0.717) is 18.2 Å². The van der Waals surface area contributed by atoms with E-state index in [1.807, 2.05) is 43.3 Å². The number of aromatic amines is 1. The zero-order valence-electron chi connectivity index (χ0n) is 14.5. The summed E-state index contributed by atoms with van der Waals surface area (Å²) < 4.78 is 2.72. The van der Waals surface area contributed by atoms with E-state index in [9.17, 15) is 4.79 Å². The number of aromatic nitrogens is 4. The van der Waals surface area contributed by atoms with Gasteiger partial charge in [-0.15, -0.1) is 0 Å². The van der Waals surface area contributed by atoms with E-state index in [4.69, 9.17) is 0 Å². The van der Waals surface area contributed by atoms with E-state index >= 15 is 0 Å². The van der Waals surface area contributed by atoms with Gasteiger partial charge in [-0.3, -0.25) is 4.79 Å². The van der Waals surface area contributed by atoms with Crippen LogP contribution in [0.2, 0.25) is 0 Å². The predicted octanol–water partition coefficient (Wildman–Crippen LogP) is 4.29.